The molecule has 0 amide bonds. The molecule has 3 aromatic heterocycles. The van der Waals surface area contributed by atoms with Crippen molar-refractivity contribution in [3.63, 3.8) is 0 Å². The zero-order chi connectivity index (χ0) is 12.7. The largest absolute Gasteiger partial charge is 0.477 e. The average Bonchev–Trinajstić information content (AvgIpc) is 2.93. The van der Waals surface area contributed by atoms with Crippen LogP contribution < -0.4 is 0 Å². The van der Waals surface area contributed by atoms with Crippen molar-refractivity contribution in [2.24, 2.45) is 7.05 Å². The highest BCUT2D eigenvalue weighted by molar-refractivity contribution is 5.86. The fraction of sp³-hybridized carbons (Fsp3) is 0.0833. The van der Waals surface area contributed by atoms with E-state index in [1.807, 2.05) is 13.2 Å². The van der Waals surface area contributed by atoms with Gasteiger partial charge in [-0.25, -0.2) is 9.78 Å². The number of rotatable bonds is 2. The molecule has 0 aromatic carbocycles. The summed E-state index contributed by atoms with van der Waals surface area (Å²) < 4.78 is 3.24. The number of imidazole rings is 1. The van der Waals surface area contributed by atoms with Gasteiger partial charge >= 0.3 is 5.97 Å². The van der Waals surface area contributed by atoms with Crippen LogP contribution in [0.2, 0.25) is 0 Å². The van der Waals surface area contributed by atoms with Crippen LogP contribution in [-0.4, -0.2) is 30.2 Å². The summed E-state index contributed by atoms with van der Waals surface area (Å²) in [5.41, 5.74) is 2.36. The molecule has 0 atom stereocenters. The standard InChI is InChI=1S/C12H10N4O2/c1-15-6-8(5-13-15)9-7-16-10(12(17)18)3-2-4-11(16)14-9/h2-7H,1H3,(H,17,18). The molecular weight excluding hydrogens is 232 g/mol. The normalized spacial score (nSPS) is 10.9. The summed E-state index contributed by atoms with van der Waals surface area (Å²) in [6.45, 7) is 0. The van der Waals surface area contributed by atoms with Crippen molar-refractivity contribution in [2.75, 3.05) is 0 Å². The van der Waals surface area contributed by atoms with Crippen LogP contribution in [-0.2, 0) is 7.05 Å². The van der Waals surface area contributed by atoms with E-state index in [-0.39, 0.29) is 5.69 Å². The van der Waals surface area contributed by atoms with Crippen LogP contribution in [0.1, 0.15) is 10.5 Å². The lowest BCUT2D eigenvalue weighted by Gasteiger charge is -1.97. The molecule has 6 heteroatoms. The van der Waals surface area contributed by atoms with Crippen LogP contribution in [0.4, 0.5) is 0 Å². The molecule has 0 unspecified atom stereocenters. The molecule has 0 saturated carbocycles. The highest BCUT2D eigenvalue weighted by atomic mass is 16.4. The molecule has 90 valence electrons. The Kier molecular flexibility index (Phi) is 2.16. The van der Waals surface area contributed by atoms with Crippen LogP contribution in [0.25, 0.3) is 16.9 Å². The van der Waals surface area contributed by atoms with Crippen LogP contribution in [0.5, 0.6) is 0 Å². The van der Waals surface area contributed by atoms with Crippen molar-refractivity contribution in [2.45, 2.75) is 0 Å². The first-order chi connectivity index (χ1) is 8.65. The lowest BCUT2D eigenvalue weighted by molar-refractivity contribution is 0.0689. The van der Waals surface area contributed by atoms with Crippen molar-refractivity contribution in [3.8, 4) is 11.3 Å². The molecule has 0 aliphatic rings. The number of aromatic carboxylic acids is 1. The minimum absolute atomic E-state index is 0.190. The van der Waals surface area contributed by atoms with Crippen molar-refractivity contribution in [1.82, 2.24) is 19.2 Å². The van der Waals surface area contributed by atoms with Crippen molar-refractivity contribution >= 4 is 11.6 Å². The number of aromatic nitrogens is 4. The van der Waals surface area contributed by atoms with E-state index >= 15 is 0 Å². The molecule has 3 aromatic rings. The van der Waals surface area contributed by atoms with E-state index < -0.39 is 5.97 Å². The summed E-state index contributed by atoms with van der Waals surface area (Å²) >= 11 is 0. The third-order valence-electron chi connectivity index (χ3n) is 2.71. The highest BCUT2D eigenvalue weighted by Crippen LogP contribution is 2.19. The summed E-state index contributed by atoms with van der Waals surface area (Å²) in [6, 6.07) is 5.00. The van der Waals surface area contributed by atoms with Crippen molar-refractivity contribution < 1.29 is 9.90 Å². The highest BCUT2D eigenvalue weighted by Gasteiger charge is 2.11. The summed E-state index contributed by atoms with van der Waals surface area (Å²) in [6.07, 6.45) is 5.24. The molecule has 0 aliphatic carbocycles. The van der Waals surface area contributed by atoms with Gasteiger partial charge in [0.25, 0.3) is 0 Å². The molecular formula is C12H10N4O2. The third-order valence-corrected chi connectivity index (χ3v) is 2.71. The predicted molar refractivity (Wildman–Crippen MR) is 64.4 cm³/mol. The van der Waals surface area contributed by atoms with Crippen LogP contribution in [0, 0.1) is 0 Å². The SMILES string of the molecule is Cn1cc(-c2cn3c(C(=O)O)cccc3n2)cn1. The van der Waals surface area contributed by atoms with E-state index in [0.29, 0.717) is 11.3 Å². The van der Waals surface area contributed by atoms with Gasteiger partial charge in [0.1, 0.15) is 11.3 Å². The smallest absolute Gasteiger partial charge is 0.352 e. The Morgan fingerprint density at radius 3 is 2.83 bits per heavy atom. The lowest BCUT2D eigenvalue weighted by atomic mass is 10.3. The molecule has 18 heavy (non-hydrogen) atoms. The molecule has 6 nitrogen and oxygen atoms in total. The molecule has 3 rings (SSSR count). The fourth-order valence-electron chi connectivity index (χ4n) is 1.88. The van der Waals surface area contributed by atoms with Crippen molar-refractivity contribution in [1.29, 1.82) is 0 Å². The molecule has 0 aliphatic heterocycles. The molecule has 0 spiro atoms. The molecule has 0 radical (unpaired) electrons. The number of fused-ring (bicyclic) bond motifs is 1. The van der Waals surface area contributed by atoms with E-state index in [1.54, 1.807) is 39.7 Å². The summed E-state index contributed by atoms with van der Waals surface area (Å²) in [7, 11) is 1.82. The number of nitrogens with zero attached hydrogens (tertiary/aromatic N) is 4. The Bertz CT molecular complexity index is 741. The average molecular weight is 242 g/mol. The van der Waals surface area contributed by atoms with Gasteiger partial charge in [-0.15, -0.1) is 0 Å². The second kappa shape index (κ2) is 3.69. The van der Waals surface area contributed by atoms with Gasteiger partial charge in [-0.2, -0.15) is 5.10 Å². The number of hydrogen-bond donors (Lipinski definition) is 1. The van der Waals surface area contributed by atoms with E-state index in [2.05, 4.69) is 10.1 Å². The Hall–Kier alpha value is -2.63. The minimum Gasteiger partial charge on any atom is -0.477 e. The maximum atomic E-state index is 11.1. The van der Waals surface area contributed by atoms with Gasteiger partial charge in [-0.1, -0.05) is 6.07 Å². The van der Waals surface area contributed by atoms with Crippen LogP contribution >= 0.6 is 0 Å². The fourth-order valence-corrected chi connectivity index (χ4v) is 1.88. The third kappa shape index (κ3) is 1.55. The first kappa shape index (κ1) is 10.5. The number of carbonyl (C=O) groups is 1. The van der Waals surface area contributed by atoms with Gasteiger partial charge in [-0.05, 0) is 12.1 Å². The first-order valence-corrected chi connectivity index (χ1v) is 5.35. The number of pyridine rings is 1. The monoisotopic (exact) mass is 242 g/mol. The molecule has 1 N–H and O–H groups in total. The molecule has 0 saturated heterocycles. The Morgan fingerprint density at radius 2 is 2.17 bits per heavy atom. The van der Waals surface area contributed by atoms with Gasteiger partial charge in [-0.3, -0.25) is 9.08 Å². The van der Waals surface area contributed by atoms with E-state index in [1.165, 1.54) is 0 Å². The molecule has 0 fully saturated rings. The second-order valence-electron chi connectivity index (χ2n) is 3.97. The summed E-state index contributed by atoms with van der Waals surface area (Å²) in [4.78, 5) is 15.5. The Morgan fingerprint density at radius 1 is 1.33 bits per heavy atom. The zero-order valence-electron chi connectivity index (χ0n) is 9.61. The van der Waals surface area contributed by atoms with Gasteiger partial charge in [0, 0.05) is 25.0 Å². The maximum Gasteiger partial charge on any atom is 0.352 e. The number of hydrogen-bond acceptors (Lipinski definition) is 3. The number of carboxylic acids is 1. The lowest BCUT2D eigenvalue weighted by Crippen LogP contribution is -2.03. The van der Waals surface area contributed by atoms with Gasteiger partial charge in [0.15, 0.2) is 0 Å². The number of aryl methyl sites for hydroxylation is 1. The zero-order valence-corrected chi connectivity index (χ0v) is 9.61. The minimum atomic E-state index is -0.976. The molecule has 0 bridgehead atoms. The van der Waals surface area contributed by atoms with Crippen LogP contribution in [0.3, 0.4) is 0 Å². The predicted octanol–water partition coefficient (Wildman–Crippen LogP) is 1.43. The van der Waals surface area contributed by atoms with Crippen LogP contribution in [0.15, 0.2) is 36.8 Å². The summed E-state index contributed by atoms with van der Waals surface area (Å²) in [5, 5.41) is 13.2. The first-order valence-electron chi connectivity index (χ1n) is 5.35. The quantitative estimate of drug-likeness (QED) is 0.737. The van der Waals surface area contributed by atoms with Crippen molar-refractivity contribution in [3.05, 3.63) is 42.5 Å². The van der Waals surface area contributed by atoms with E-state index in [4.69, 9.17) is 5.11 Å². The molecule has 3 heterocycles. The van der Waals surface area contributed by atoms with E-state index in [9.17, 15) is 4.79 Å². The maximum absolute atomic E-state index is 11.1. The Balaban J connectivity index is 2.22. The van der Waals surface area contributed by atoms with Gasteiger partial charge in [0.2, 0.25) is 0 Å². The second-order valence-corrected chi connectivity index (χ2v) is 3.97. The van der Waals surface area contributed by atoms with Gasteiger partial charge < -0.3 is 5.11 Å². The van der Waals surface area contributed by atoms with E-state index in [0.717, 1.165) is 5.56 Å². The topological polar surface area (TPSA) is 72.4 Å². The summed E-state index contributed by atoms with van der Waals surface area (Å²) in [5.74, 6) is -0.976. The number of carboxylic acid groups (broad SMARTS) is 1. The van der Waals surface area contributed by atoms with Gasteiger partial charge in [0.05, 0.1) is 11.9 Å². The Labute approximate surface area is 102 Å².